The Hall–Kier alpha value is -2.33. The number of tetrazole rings is 1. The van der Waals surface area contributed by atoms with Crippen molar-refractivity contribution in [3.05, 3.63) is 57.6 Å². The number of anilines is 1. The Morgan fingerprint density at radius 1 is 1.30 bits per heavy atom. The summed E-state index contributed by atoms with van der Waals surface area (Å²) in [4.78, 5) is 12.2. The highest BCUT2D eigenvalue weighted by molar-refractivity contribution is 9.10. The first-order valence-electron chi connectivity index (χ1n) is 7.79. The molecule has 0 spiro atoms. The molecule has 140 valence electrons. The number of halogens is 3. The average molecular weight is 454 g/mol. The molecular weight excluding hydrogens is 440 g/mol. The molecule has 1 aromatic heterocycles. The SMILES string of the molecule is Cc1cccc(-n2nnnc2SCC(=O)Nc2c(F)cc(F)cc2Br)c1C. The number of carbonyl (C=O) groups is 1. The summed E-state index contributed by atoms with van der Waals surface area (Å²) < 4.78 is 28.6. The van der Waals surface area contributed by atoms with Crippen molar-refractivity contribution < 1.29 is 13.6 Å². The van der Waals surface area contributed by atoms with Crippen LogP contribution in [0.4, 0.5) is 14.5 Å². The first-order chi connectivity index (χ1) is 12.9. The Morgan fingerprint density at radius 3 is 2.81 bits per heavy atom. The molecule has 0 aliphatic rings. The van der Waals surface area contributed by atoms with Gasteiger partial charge < -0.3 is 5.32 Å². The van der Waals surface area contributed by atoms with Crippen LogP contribution in [-0.2, 0) is 4.79 Å². The first-order valence-corrected chi connectivity index (χ1v) is 9.57. The molecular formula is C17H14BrF2N5OS. The first kappa shape index (κ1) is 19.4. The van der Waals surface area contributed by atoms with E-state index in [1.807, 2.05) is 32.0 Å². The smallest absolute Gasteiger partial charge is 0.234 e. The second-order valence-corrected chi connectivity index (χ2v) is 7.47. The maximum absolute atomic E-state index is 13.8. The minimum absolute atomic E-state index is 0.0471. The van der Waals surface area contributed by atoms with Gasteiger partial charge in [0.1, 0.15) is 5.82 Å². The summed E-state index contributed by atoms with van der Waals surface area (Å²) in [7, 11) is 0. The van der Waals surface area contributed by atoms with Gasteiger partial charge in [0.15, 0.2) is 5.82 Å². The van der Waals surface area contributed by atoms with Crippen LogP contribution < -0.4 is 5.32 Å². The van der Waals surface area contributed by atoms with E-state index in [1.54, 1.807) is 4.68 Å². The van der Waals surface area contributed by atoms with Crippen LogP contribution in [0.3, 0.4) is 0 Å². The molecule has 6 nitrogen and oxygen atoms in total. The van der Waals surface area contributed by atoms with Gasteiger partial charge in [-0.15, -0.1) is 5.10 Å². The molecule has 0 bridgehead atoms. The minimum Gasteiger partial charge on any atom is -0.322 e. The normalized spacial score (nSPS) is 10.9. The van der Waals surface area contributed by atoms with E-state index in [9.17, 15) is 13.6 Å². The molecule has 27 heavy (non-hydrogen) atoms. The Balaban J connectivity index is 1.73. The van der Waals surface area contributed by atoms with Crippen molar-refractivity contribution in [1.29, 1.82) is 0 Å². The predicted octanol–water partition coefficient (Wildman–Crippen LogP) is 4.05. The number of nitrogens with one attached hydrogen (secondary N) is 1. The third-order valence-electron chi connectivity index (χ3n) is 3.85. The van der Waals surface area contributed by atoms with Crippen molar-refractivity contribution in [2.45, 2.75) is 19.0 Å². The number of amides is 1. The van der Waals surface area contributed by atoms with Gasteiger partial charge in [0, 0.05) is 10.5 Å². The lowest BCUT2D eigenvalue weighted by atomic mass is 10.1. The zero-order valence-corrected chi connectivity index (χ0v) is 16.7. The molecule has 0 saturated heterocycles. The molecule has 0 radical (unpaired) electrons. The largest absolute Gasteiger partial charge is 0.322 e. The number of hydrogen-bond donors (Lipinski definition) is 1. The van der Waals surface area contributed by atoms with Crippen LogP contribution in [0.1, 0.15) is 11.1 Å². The standard InChI is InChI=1S/C17H14BrF2N5OS/c1-9-4-3-5-14(10(9)2)25-17(22-23-24-25)27-8-15(26)21-16-12(18)6-11(19)7-13(16)20/h3-7H,8H2,1-2H3,(H,21,26). The van der Waals surface area contributed by atoms with E-state index < -0.39 is 17.5 Å². The molecule has 1 N–H and O–H groups in total. The highest BCUT2D eigenvalue weighted by Crippen LogP contribution is 2.27. The Bertz CT molecular complexity index is 988. The highest BCUT2D eigenvalue weighted by atomic mass is 79.9. The summed E-state index contributed by atoms with van der Waals surface area (Å²) in [6, 6.07) is 7.54. The Kier molecular flexibility index (Phi) is 5.85. The lowest BCUT2D eigenvalue weighted by Gasteiger charge is -2.10. The van der Waals surface area contributed by atoms with Crippen molar-refractivity contribution in [3.63, 3.8) is 0 Å². The molecule has 10 heteroatoms. The molecule has 1 heterocycles. The van der Waals surface area contributed by atoms with Crippen LogP contribution in [0, 0.1) is 25.5 Å². The predicted molar refractivity (Wildman–Crippen MR) is 102 cm³/mol. The maximum atomic E-state index is 13.8. The Morgan fingerprint density at radius 2 is 2.07 bits per heavy atom. The highest BCUT2D eigenvalue weighted by Gasteiger charge is 2.16. The lowest BCUT2D eigenvalue weighted by Crippen LogP contribution is -2.16. The molecule has 2 aromatic carbocycles. The minimum atomic E-state index is -0.861. The quantitative estimate of drug-likeness (QED) is 0.589. The number of aryl methyl sites for hydroxylation is 1. The average Bonchev–Trinajstić information content (AvgIpc) is 3.07. The monoisotopic (exact) mass is 453 g/mol. The van der Waals surface area contributed by atoms with Gasteiger partial charge in [0.2, 0.25) is 11.1 Å². The third-order valence-corrected chi connectivity index (χ3v) is 5.39. The molecule has 0 unspecified atom stereocenters. The fraction of sp³-hybridized carbons (Fsp3) is 0.176. The van der Waals surface area contributed by atoms with E-state index in [2.05, 4.69) is 36.8 Å². The van der Waals surface area contributed by atoms with E-state index in [0.29, 0.717) is 11.2 Å². The van der Waals surface area contributed by atoms with Crippen molar-refractivity contribution in [3.8, 4) is 5.69 Å². The van der Waals surface area contributed by atoms with Crippen LogP contribution in [0.25, 0.3) is 5.69 Å². The van der Waals surface area contributed by atoms with Crippen LogP contribution >= 0.6 is 27.7 Å². The molecule has 0 atom stereocenters. The number of aromatic nitrogens is 4. The molecule has 3 rings (SSSR count). The maximum Gasteiger partial charge on any atom is 0.234 e. The summed E-state index contributed by atoms with van der Waals surface area (Å²) in [5, 5.41) is 14.4. The summed E-state index contributed by atoms with van der Waals surface area (Å²) in [5.41, 5.74) is 2.81. The van der Waals surface area contributed by atoms with Gasteiger partial charge >= 0.3 is 0 Å². The number of rotatable bonds is 5. The summed E-state index contributed by atoms with van der Waals surface area (Å²) in [6.07, 6.45) is 0. The summed E-state index contributed by atoms with van der Waals surface area (Å²) in [6.45, 7) is 3.95. The van der Waals surface area contributed by atoms with Crippen molar-refractivity contribution >= 4 is 39.3 Å². The van der Waals surface area contributed by atoms with Crippen molar-refractivity contribution in [1.82, 2.24) is 20.2 Å². The van der Waals surface area contributed by atoms with Crippen LogP contribution in [0.15, 0.2) is 40.0 Å². The van der Waals surface area contributed by atoms with Gasteiger partial charge in [-0.2, -0.15) is 4.68 Å². The third kappa shape index (κ3) is 4.33. The second kappa shape index (κ2) is 8.13. The number of benzene rings is 2. The molecule has 0 aliphatic heterocycles. The second-order valence-electron chi connectivity index (χ2n) is 5.67. The van der Waals surface area contributed by atoms with Gasteiger partial charge in [-0.1, -0.05) is 23.9 Å². The van der Waals surface area contributed by atoms with Crippen LogP contribution in [-0.4, -0.2) is 31.9 Å². The van der Waals surface area contributed by atoms with E-state index in [1.165, 1.54) is 0 Å². The van der Waals surface area contributed by atoms with Crippen molar-refractivity contribution in [2.24, 2.45) is 0 Å². The molecule has 0 saturated carbocycles. The zero-order valence-electron chi connectivity index (χ0n) is 14.3. The number of nitrogens with zero attached hydrogens (tertiary/aromatic N) is 4. The van der Waals surface area contributed by atoms with Gasteiger partial charge in [0.05, 0.1) is 17.1 Å². The van der Waals surface area contributed by atoms with Crippen LogP contribution in [0.5, 0.6) is 0 Å². The number of thioether (sulfide) groups is 1. The van der Waals surface area contributed by atoms with E-state index in [4.69, 9.17) is 0 Å². The fourth-order valence-electron chi connectivity index (χ4n) is 2.35. The topological polar surface area (TPSA) is 72.7 Å². The van der Waals surface area contributed by atoms with Gasteiger partial charge in [0.25, 0.3) is 0 Å². The van der Waals surface area contributed by atoms with E-state index in [0.717, 1.165) is 34.6 Å². The molecule has 1 amide bonds. The van der Waals surface area contributed by atoms with Gasteiger partial charge in [-0.25, -0.2) is 8.78 Å². The Labute approximate surface area is 166 Å². The van der Waals surface area contributed by atoms with E-state index in [-0.39, 0.29) is 15.9 Å². The van der Waals surface area contributed by atoms with E-state index >= 15 is 0 Å². The van der Waals surface area contributed by atoms with Crippen LogP contribution in [0.2, 0.25) is 0 Å². The lowest BCUT2D eigenvalue weighted by molar-refractivity contribution is -0.113. The zero-order chi connectivity index (χ0) is 19.6. The molecule has 0 fully saturated rings. The number of carbonyl (C=O) groups excluding carboxylic acids is 1. The summed E-state index contributed by atoms with van der Waals surface area (Å²) in [5.74, 6) is -2.12. The summed E-state index contributed by atoms with van der Waals surface area (Å²) >= 11 is 4.14. The molecule has 3 aromatic rings. The number of hydrogen-bond acceptors (Lipinski definition) is 5. The van der Waals surface area contributed by atoms with Gasteiger partial charge in [-0.3, -0.25) is 4.79 Å². The van der Waals surface area contributed by atoms with Gasteiger partial charge in [-0.05, 0) is 63.5 Å². The van der Waals surface area contributed by atoms with Crippen molar-refractivity contribution in [2.75, 3.05) is 11.1 Å². The molecule has 0 aliphatic carbocycles. The fourth-order valence-corrected chi connectivity index (χ4v) is 3.54.